The van der Waals surface area contributed by atoms with Crippen molar-refractivity contribution in [1.29, 1.82) is 0 Å². The number of nitrogens with zero attached hydrogens (tertiary/aromatic N) is 1. The van der Waals surface area contributed by atoms with Gasteiger partial charge in [-0.1, -0.05) is 6.07 Å². The second-order valence-corrected chi connectivity index (χ2v) is 8.82. The van der Waals surface area contributed by atoms with Crippen LogP contribution in [0.4, 0.5) is 14.0 Å². The molecule has 0 radical (unpaired) electrons. The van der Waals surface area contributed by atoms with E-state index in [1.165, 1.54) is 19.2 Å². The third-order valence-electron chi connectivity index (χ3n) is 4.93. The first-order valence-electron chi connectivity index (χ1n) is 10.9. The summed E-state index contributed by atoms with van der Waals surface area (Å²) in [4.78, 5) is 25.3. The molecule has 8 nitrogen and oxygen atoms in total. The molecule has 0 saturated carbocycles. The number of likely N-dealkylation sites (tertiary alicyclic amines) is 1. The number of carbonyl (C=O) groups excluding carboxylic acids is 2. The number of methoxy groups -OCH3 is 1. The summed E-state index contributed by atoms with van der Waals surface area (Å²) in [5.41, 5.74) is 1.13. The quantitative estimate of drug-likeness (QED) is 0.475. The molecular formula is C23H35FN2O6. The molecule has 2 rings (SSSR count). The fraction of sp³-hybridized carbons (Fsp3) is 0.652. The van der Waals surface area contributed by atoms with Crippen LogP contribution in [0.25, 0.3) is 0 Å². The standard InChI is InChI=1S/C23H35FN2O6/c1-16-8-9-18(24)13-17(16)14-20(30-12-10-25-21(27)29-5)31-19-7-6-11-26(15-19)22(28)32-23(2,3)4/h8-9,13,19-20H,6-7,10-12,14-15H2,1-5H3,(H,25,27)/t19?,20-/m1/s1. The molecule has 0 spiro atoms. The molecule has 0 aromatic heterocycles. The first-order chi connectivity index (χ1) is 15.1. The van der Waals surface area contributed by atoms with Crippen molar-refractivity contribution >= 4 is 12.2 Å². The van der Waals surface area contributed by atoms with Crippen molar-refractivity contribution in [3.8, 4) is 0 Å². The van der Waals surface area contributed by atoms with Gasteiger partial charge < -0.3 is 29.2 Å². The van der Waals surface area contributed by atoms with Crippen molar-refractivity contribution in [3.63, 3.8) is 0 Å². The maximum Gasteiger partial charge on any atom is 0.410 e. The van der Waals surface area contributed by atoms with E-state index in [-0.39, 0.29) is 31.2 Å². The summed E-state index contributed by atoms with van der Waals surface area (Å²) >= 11 is 0. The van der Waals surface area contributed by atoms with Crippen molar-refractivity contribution < 1.29 is 32.9 Å². The van der Waals surface area contributed by atoms with E-state index >= 15 is 0 Å². The average molecular weight is 455 g/mol. The second-order valence-electron chi connectivity index (χ2n) is 8.82. The molecular weight excluding hydrogens is 419 g/mol. The minimum atomic E-state index is -0.668. The van der Waals surface area contributed by atoms with E-state index in [2.05, 4.69) is 10.1 Å². The summed E-state index contributed by atoms with van der Waals surface area (Å²) in [6.07, 6.45) is 0.0486. The summed E-state index contributed by atoms with van der Waals surface area (Å²) in [5, 5.41) is 2.55. The van der Waals surface area contributed by atoms with Crippen LogP contribution in [0.1, 0.15) is 44.7 Å². The highest BCUT2D eigenvalue weighted by molar-refractivity contribution is 5.68. The lowest BCUT2D eigenvalue weighted by Crippen LogP contribution is -2.46. The van der Waals surface area contributed by atoms with Crippen LogP contribution >= 0.6 is 0 Å². The normalized spacial score (nSPS) is 17.6. The van der Waals surface area contributed by atoms with E-state index in [0.29, 0.717) is 19.5 Å². The largest absolute Gasteiger partial charge is 0.453 e. The third-order valence-corrected chi connectivity index (χ3v) is 4.93. The Morgan fingerprint density at radius 2 is 2.06 bits per heavy atom. The van der Waals surface area contributed by atoms with E-state index in [4.69, 9.17) is 14.2 Å². The first-order valence-corrected chi connectivity index (χ1v) is 10.9. The zero-order chi connectivity index (χ0) is 23.7. The molecule has 1 aromatic carbocycles. The Hall–Kier alpha value is -2.39. The van der Waals surface area contributed by atoms with Crippen LogP contribution in [0.3, 0.4) is 0 Å². The van der Waals surface area contributed by atoms with Gasteiger partial charge >= 0.3 is 12.2 Å². The van der Waals surface area contributed by atoms with Crippen LogP contribution in [0.2, 0.25) is 0 Å². The number of nitrogens with one attached hydrogen (secondary N) is 1. The zero-order valence-corrected chi connectivity index (χ0v) is 19.6. The van der Waals surface area contributed by atoms with E-state index in [0.717, 1.165) is 24.0 Å². The van der Waals surface area contributed by atoms with E-state index in [1.807, 2.05) is 27.7 Å². The number of benzene rings is 1. The van der Waals surface area contributed by atoms with E-state index in [1.54, 1.807) is 11.0 Å². The summed E-state index contributed by atoms with van der Waals surface area (Å²) < 4.78 is 35.8. The van der Waals surface area contributed by atoms with Gasteiger partial charge in [0.2, 0.25) is 0 Å². The highest BCUT2D eigenvalue weighted by Gasteiger charge is 2.30. The number of hydrogen-bond acceptors (Lipinski definition) is 6. The molecule has 1 aliphatic rings. The number of carbonyl (C=O) groups is 2. The molecule has 1 fully saturated rings. The van der Waals surface area contributed by atoms with Crippen molar-refractivity contribution in [2.45, 2.75) is 65.0 Å². The minimum Gasteiger partial charge on any atom is -0.453 e. The lowest BCUT2D eigenvalue weighted by Gasteiger charge is -2.35. The van der Waals surface area contributed by atoms with Gasteiger partial charge in [-0.15, -0.1) is 0 Å². The highest BCUT2D eigenvalue weighted by atomic mass is 19.1. The van der Waals surface area contributed by atoms with Gasteiger partial charge in [-0.2, -0.15) is 0 Å². The minimum absolute atomic E-state index is 0.191. The maximum atomic E-state index is 13.8. The molecule has 9 heteroatoms. The van der Waals surface area contributed by atoms with Gasteiger partial charge in [-0.25, -0.2) is 14.0 Å². The highest BCUT2D eigenvalue weighted by Crippen LogP contribution is 2.21. The number of amides is 2. The fourth-order valence-corrected chi connectivity index (χ4v) is 3.36. The summed E-state index contributed by atoms with van der Waals surface area (Å²) in [5.74, 6) is -0.328. The molecule has 1 N–H and O–H groups in total. The molecule has 1 aliphatic heterocycles. The molecule has 0 aliphatic carbocycles. The van der Waals surface area contributed by atoms with E-state index in [9.17, 15) is 14.0 Å². The van der Waals surface area contributed by atoms with Gasteiger partial charge in [-0.05, 0) is 63.8 Å². The van der Waals surface area contributed by atoms with Crippen molar-refractivity contribution in [3.05, 3.63) is 35.1 Å². The Labute approximate surface area is 189 Å². The van der Waals surface area contributed by atoms with Crippen LogP contribution in [-0.2, 0) is 25.4 Å². The van der Waals surface area contributed by atoms with Gasteiger partial charge in [0.15, 0.2) is 6.29 Å². The molecule has 1 heterocycles. The predicted molar refractivity (Wildman–Crippen MR) is 117 cm³/mol. The Kier molecular flexibility index (Phi) is 9.71. The van der Waals surface area contributed by atoms with Gasteiger partial charge in [0.05, 0.1) is 26.4 Å². The average Bonchev–Trinajstić information content (AvgIpc) is 2.72. The Morgan fingerprint density at radius 3 is 2.75 bits per heavy atom. The third kappa shape index (κ3) is 9.00. The molecule has 1 saturated heterocycles. The van der Waals surface area contributed by atoms with Gasteiger partial charge in [0, 0.05) is 19.5 Å². The topological polar surface area (TPSA) is 86.3 Å². The molecule has 1 unspecified atom stereocenters. The fourth-order valence-electron chi connectivity index (χ4n) is 3.36. The maximum absolute atomic E-state index is 13.8. The first kappa shape index (κ1) is 25.9. The summed E-state index contributed by atoms with van der Waals surface area (Å²) in [6.45, 7) is 8.81. The number of piperidine rings is 1. The van der Waals surface area contributed by atoms with Crippen molar-refractivity contribution in [2.24, 2.45) is 0 Å². The van der Waals surface area contributed by atoms with Crippen LogP contribution < -0.4 is 5.32 Å². The van der Waals surface area contributed by atoms with Crippen LogP contribution in [-0.4, -0.2) is 68.4 Å². The number of alkyl carbamates (subject to hydrolysis) is 1. The Balaban J connectivity index is 2.01. The van der Waals surface area contributed by atoms with Gasteiger partial charge in [-0.3, -0.25) is 0 Å². The van der Waals surface area contributed by atoms with Gasteiger partial charge in [0.25, 0.3) is 0 Å². The molecule has 180 valence electrons. The Morgan fingerprint density at radius 1 is 1.31 bits per heavy atom. The Bertz CT molecular complexity index is 767. The van der Waals surface area contributed by atoms with Crippen molar-refractivity contribution in [1.82, 2.24) is 10.2 Å². The number of halogens is 1. The molecule has 0 bridgehead atoms. The second kappa shape index (κ2) is 12.0. The number of ether oxygens (including phenoxy) is 4. The molecule has 32 heavy (non-hydrogen) atoms. The SMILES string of the molecule is COC(=O)NCCO[C@@H](Cc1cc(F)ccc1C)OC1CCCN(C(=O)OC(C)(C)C)C1. The monoisotopic (exact) mass is 454 g/mol. The smallest absolute Gasteiger partial charge is 0.410 e. The summed E-state index contributed by atoms with van der Waals surface area (Å²) in [7, 11) is 1.29. The van der Waals surface area contributed by atoms with Crippen LogP contribution in [0.5, 0.6) is 0 Å². The lowest BCUT2D eigenvalue weighted by molar-refractivity contribution is -0.178. The van der Waals surface area contributed by atoms with Gasteiger partial charge in [0.1, 0.15) is 11.4 Å². The van der Waals surface area contributed by atoms with E-state index < -0.39 is 18.0 Å². The predicted octanol–water partition coefficient (Wildman–Crippen LogP) is 3.79. The molecule has 2 amide bonds. The van der Waals surface area contributed by atoms with Crippen molar-refractivity contribution in [2.75, 3.05) is 33.4 Å². The number of rotatable bonds is 8. The molecule has 2 atom stereocenters. The number of hydrogen-bond donors (Lipinski definition) is 1. The molecule has 1 aromatic rings. The number of aryl methyl sites for hydroxylation is 1. The zero-order valence-electron chi connectivity index (χ0n) is 19.6. The lowest BCUT2D eigenvalue weighted by atomic mass is 10.0. The van der Waals surface area contributed by atoms with Crippen LogP contribution in [0.15, 0.2) is 18.2 Å². The van der Waals surface area contributed by atoms with Crippen LogP contribution in [0, 0.1) is 12.7 Å². The summed E-state index contributed by atoms with van der Waals surface area (Å²) in [6, 6.07) is 4.59.